The summed E-state index contributed by atoms with van der Waals surface area (Å²) in [5, 5.41) is 20.5. The molecule has 1 aromatic rings. The number of hydrogen-bond donors (Lipinski definition) is 4. The first-order valence-electron chi connectivity index (χ1n) is 15.8. The van der Waals surface area contributed by atoms with Gasteiger partial charge in [-0.05, 0) is 48.1 Å². The van der Waals surface area contributed by atoms with Crippen LogP contribution in [0.15, 0.2) is 24.4 Å². The first kappa shape index (κ1) is 34.7. The molecule has 8 nitrogen and oxygen atoms in total. The third kappa shape index (κ3) is 12.5. The zero-order valence-electron chi connectivity index (χ0n) is 26.5. The molecule has 5 atom stereocenters. The second-order valence-corrected chi connectivity index (χ2v) is 13.7. The second-order valence-electron chi connectivity index (χ2n) is 13.7. The van der Waals surface area contributed by atoms with Crippen molar-refractivity contribution >= 4 is 17.7 Å². The van der Waals surface area contributed by atoms with Gasteiger partial charge in [-0.1, -0.05) is 93.1 Å². The van der Waals surface area contributed by atoms with Crippen molar-refractivity contribution in [3.63, 3.8) is 0 Å². The molecule has 2 rings (SSSR count). The highest BCUT2D eigenvalue weighted by Crippen LogP contribution is 2.30. The summed E-state index contributed by atoms with van der Waals surface area (Å²) in [5.41, 5.74) is 0.586. The number of nitrogens with one attached hydrogen (secondary N) is 3. The Morgan fingerprint density at radius 2 is 1.71 bits per heavy atom. The summed E-state index contributed by atoms with van der Waals surface area (Å²) in [6.45, 7) is 14.2. The van der Waals surface area contributed by atoms with Crippen LogP contribution in [-0.4, -0.2) is 46.0 Å². The SMILES string of the molecule is CC[C@H](C)[C@H](NC(=O)[C@@H](C[C@H](O)[C@H](CC1CCCCC1)NC(=O)CC(C)(C)C)C(C)C)C(=O)NCc1ccccn1. The third-order valence-corrected chi connectivity index (χ3v) is 8.41. The number of carbonyl (C=O) groups excluding carboxylic acids is 3. The topological polar surface area (TPSA) is 120 Å². The number of amides is 3. The maximum absolute atomic E-state index is 13.7. The Morgan fingerprint density at radius 3 is 2.27 bits per heavy atom. The molecule has 1 aromatic heterocycles. The van der Waals surface area contributed by atoms with E-state index in [0.717, 1.165) is 31.4 Å². The molecule has 0 radical (unpaired) electrons. The third-order valence-electron chi connectivity index (χ3n) is 8.41. The summed E-state index contributed by atoms with van der Waals surface area (Å²) in [6.07, 6.45) is 8.67. The van der Waals surface area contributed by atoms with Gasteiger partial charge in [-0.25, -0.2) is 0 Å². The van der Waals surface area contributed by atoms with Crippen LogP contribution < -0.4 is 16.0 Å². The van der Waals surface area contributed by atoms with Gasteiger partial charge in [0.2, 0.25) is 17.7 Å². The minimum Gasteiger partial charge on any atom is -0.391 e. The van der Waals surface area contributed by atoms with Crippen molar-refractivity contribution in [2.24, 2.45) is 29.1 Å². The van der Waals surface area contributed by atoms with E-state index in [-0.39, 0.29) is 47.9 Å². The summed E-state index contributed by atoms with van der Waals surface area (Å²) >= 11 is 0. The maximum atomic E-state index is 13.7. The quantitative estimate of drug-likeness (QED) is 0.232. The van der Waals surface area contributed by atoms with Crippen LogP contribution in [-0.2, 0) is 20.9 Å². The number of aromatic nitrogens is 1. The number of pyridine rings is 1. The summed E-state index contributed by atoms with van der Waals surface area (Å²) in [4.78, 5) is 44.0. The molecular weight excluding hydrogens is 516 g/mol. The highest BCUT2D eigenvalue weighted by atomic mass is 16.3. The molecule has 1 aliphatic carbocycles. The fraction of sp³-hybridized carbons (Fsp3) is 0.758. The standard InChI is InChI=1S/C33H56N4O4/c1-8-23(4)30(32(41)35-21-25-16-12-13-17-34-25)37-31(40)26(22(2)3)19-28(38)27(18-24-14-10-9-11-15-24)36-29(39)20-33(5,6)7/h12-13,16-17,22-24,26-28,30,38H,8-11,14-15,18-21H2,1-7H3,(H,35,41)(H,36,39)(H,37,40)/t23-,26-,27-,28-,30-/m0/s1. The van der Waals surface area contributed by atoms with Crippen molar-refractivity contribution in [2.45, 2.75) is 131 Å². The van der Waals surface area contributed by atoms with E-state index < -0.39 is 24.1 Å². The number of aliphatic hydroxyl groups is 1. The predicted molar refractivity (Wildman–Crippen MR) is 164 cm³/mol. The van der Waals surface area contributed by atoms with Crippen LogP contribution in [0.25, 0.3) is 0 Å². The van der Waals surface area contributed by atoms with Gasteiger partial charge < -0.3 is 21.1 Å². The Kier molecular flexibility index (Phi) is 14.3. The smallest absolute Gasteiger partial charge is 0.243 e. The molecule has 1 heterocycles. The van der Waals surface area contributed by atoms with Crippen LogP contribution in [0, 0.1) is 29.1 Å². The number of carbonyl (C=O) groups is 3. The van der Waals surface area contributed by atoms with Gasteiger partial charge in [0, 0.05) is 18.5 Å². The molecule has 4 N–H and O–H groups in total. The number of hydrogen-bond acceptors (Lipinski definition) is 5. The van der Waals surface area contributed by atoms with Gasteiger partial charge >= 0.3 is 0 Å². The Morgan fingerprint density at radius 1 is 1.02 bits per heavy atom. The van der Waals surface area contributed by atoms with E-state index in [1.165, 1.54) is 19.3 Å². The first-order valence-corrected chi connectivity index (χ1v) is 15.8. The minimum atomic E-state index is -0.862. The molecule has 1 fully saturated rings. The molecule has 8 heteroatoms. The average molecular weight is 573 g/mol. The predicted octanol–water partition coefficient (Wildman–Crippen LogP) is 5.14. The van der Waals surface area contributed by atoms with Crippen molar-refractivity contribution in [2.75, 3.05) is 0 Å². The molecule has 1 aliphatic rings. The normalized spacial score (nSPS) is 18.2. The zero-order valence-corrected chi connectivity index (χ0v) is 26.5. The van der Waals surface area contributed by atoms with Crippen LogP contribution in [0.5, 0.6) is 0 Å². The van der Waals surface area contributed by atoms with Crippen molar-refractivity contribution in [3.05, 3.63) is 30.1 Å². The Labute approximate surface area is 248 Å². The van der Waals surface area contributed by atoms with Crippen LogP contribution in [0.3, 0.4) is 0 Å². The van der Waals surface area contributed by atoms with E-state index in [1.807, 2.05) is 66.7 Å². The van der Waals surface area contributed by atoms with Crippen molar-refractivity contribution < 1.29 is 19.5 Å². The molecule has 0 spiro atoms. The molecule has 232 valence electrons. The second kappa shape index (κ2) is 16.8. The van der Waals surface area contributed by atoms with E-state index in [0.29, 0.717) is 12.3 Å². The Balaban J connectivity index is 2.13. The van der Waals surface area contributed by atoms with Gasteiger partial charge in [0.1, 0.15) is 6.04 Å². The molecule has 3 amide bonds. The van der Waals surface area contributed by atoms with Gasteiger partial charge in [0.15, 0.2) is 0 Å². The van der Waals surface area contributed by atoms with Crippen molar-refractivity contribution in [1.29, 1.82) is 0 Å². The zero-order chi connectivity index (χ0) is 30.6. The van der Waals surface area contributed by atoms with E-state index in [9.17, 15) is 19.5 Å². The van der Waals surface area contributed by atoms with Crippen molar-refractivity contribution in [1.82, 2.24) is 20.9 Å². The van der Waals surface area contributed by atoms with Crippen molar-refractivity contribution in [3.8, 4) is 0 Å². The monoisotopic (exact) mass is 572 g/mol. The van der Waals surface area contributed by atoms with Crippen LogP contribution in [0.1, 0.15) is 112 Å². The number of rotatable bonds is 15. The summed E-state index contributed by atoms with van der Waals surface area (Å²) in [7, 11) is 0. The van der Waals surface area contributed by atoms with Gasteiger partial charge in [-0.15, -0.1) is 0 Å². The molecule has 0 aromatic carbocycles. The molecule has 41 heavy (non-hydrogen) atoms. The minimum absolute atomic E-state index is 0.0561. The van der Waals surface area contributed by atoms with E-state index >= 15 is 0 Å². The van der Waals surface area contributed by atoms with Crippen LogP contribution in [0.2, 0.25) is 0 Å². The Bertz CT molecular complexity index is 940. The van der Waals surface area contributed by atoms with Gasteiger partial charge in [-0.3, -0.25) is 19.4 Å². The summed E-state index contributed by atoms with van der Waals surface area (Å²) in [6, 6.07) is 4.43. The summed E-state index contributed by atoms with van der Waals surface area (Å²) in [5.74, 6) is -0.726. The lowest BCUT2D eigenvalue weighted by molar-refractivity contribution is -0.134. The lowest BCUT2D eigenvalue weighted by Gasteiger charge is -2.33. The largest absolute Gasteiger partial charge is 0.391 e. The van der Waals surface area contributed by atoms with E-state index in [4.69, 9.17) is 0 Å². The average Bonchev–Trinajstić information content (AvgIpc) is 2.92. The van der Waals surface area contributed by atoms with Gasteiger partial charge in [0.25, 0.3) is 0 Å². The molecule has 0 aliphatic heterocycles. The molecular formula is C33H56N4O4. The fourth-order valence-corrected chi connectivity index (χ4v) is 5.69. The molecule has 0 bridgehead atoms. The van der Waals surface area contributed by atoms with Crippen LogP contribution >= 0.6 is 0 Å². The lowest BCUT2D eigenvalue weighted by Crippen LogP contribution is -2.53. The maximum Gasteiger partial charge on any atom is 0.243 e. The fourth-order valence-electron chi connectivity index (χ4n) is 5.69. The van der Waals surface area contributed by atoms with E-state index in [1.54, 1.807) is 6.20 Å². The molecule has 1 saturated carbocycles. The van der Waals surface area contributed by atoms with Gasteiger partial charge in [-0.2, -0.15) is 0 Å². The molecule has 0 saturated heterocycles. The number of nitrogens with zero attached hydrogens (tertiary/aromatic N) is 1. The highest BCUT2D eigenvalue weighted by molar-refractivity contribution is 5.88. The first-order chi connectivity index (χ1) is 19.3. The van der Waals surface area contributed by atoms with Gasteiger partial charge in [0.05, 0.1) is 24.4 Å². The summed E-state index contributed by atoms with van der Waals surface area (Å²) < 4.78 is 0. The Hall–Kier alpha value is -2.48. The van der Waals surface area contributed by atoms with Crippen LogP contribution in [0.4, 0.5) is 0 Å². The van der Waals surface area contributed by atoms with E-state index in [2.05, 4.69) is 20.9 Å². The number of aliphatic hydroxyl groups excluding tert-OH is 1. The molecule has 0 unspecified atom stereocenters. The lowest BCUT2D eigenvalue weighted by atomic mass is 9.80. The highest BCUT2D eigenvalue weighted by Gasteiger charge is 2.35.